The van der Waals surface area contributed by atoms with Gasteiger partial charge in [-0.1, -0.05) is 35.1 Å². The van der Waals surface area contributed by atoms with Crippen LogP contribution < -0.4 is 10.1 Å². The monoisotopic (exact) mass is 396 g/mol. The standard InChI is InChI=1S/C12H8BrClF2N2O2S/c1-20-8-5-17-11(21-8)18-10(19)12(15,16)6-3-2-4-7(13)9(6)14/h2-5H,1H3,(H,17,18,19). The number of carbonyl (C=O) groups excluding carboxylic acids is 1. The summed E-state index contributed by atoms with van der Waals surface area (Å²) in [5.74, 6) is -5.31. The van der Waals surface area contributed by atoms with E-state index in [1.54, 1.807) is 0 Å². The van der Waals surface area contributed by atoms with Crippen LogP contribution in [-0.2, 0) is 10.7 Å². The van der Waals surface area contributed by atoms with Crippen molar-refractivity contribution in [3.63, 3.8) is 0 Å². The Bertz CT molecular complexity index is 681. The molecule has 1 N–H and O–H groups in total. The highest BCUT2D eigenvalue weighted by molar-refractivity contribution is 9.10. The molecule has 1 heterocycles. The molecule has 21 heavy (non-hydrogen) atoms. The number of amides is 1. The average molecular weight is 398 g/mol. The molecule has 1 amide bonds. The summed E-state index contributed by atoms with van der Waals surface area (Å²) in [5, 5.41) is 2.25. The largest absolute Gasteiger partial charge is 0.486 e. The smallest absolute Gasteiger partial charge is 0.351 e. The lowest BCUT2D eigenvalue weighted by Gasteiger charge is -2.17. The fourth-order valence-electron chi connectivity index (χ4n) is 1.46. The maximum atomic E-state index is 14.2. The van der Waals surface area contributed by atoms with Crippen LogP contribution in [0.2, 0.25) is 5.02 Å². The number of alkyl halides is 2. The first-order valence-corrected chi connectivity index (χ1v) is 7.48. The van der Waals surface area contributed by atoms with Crippen molar-refractivity contribution in [3.8, 4) is 5.06 Å². The number of ether oxygens (including phenoxy) is 1. The lowest BCUT2D eigenvalue weighted by Crippen LogP contribution is -2.32. The minimum Gasteiger partial charge on any atom is -0.486 e. The van der Waals surface area contributed by atoms with Gasteiger partial charge in [-0.25, -0.2) is 4.98 Å². The zero-order valence-corrected chi connectivity index (χ0v) is 13.7. The van der Waals surface area contributed by atoms with Crippen molar-refractivity contribution in [1.82, 2.24) is 4.98 Å². The summed E-state index contributed by atoms with van der Waals surface area (Å²) in [4.78, 5) is 15.5. The molecule has 0 bridgehead atoms. The zero-order valence-electron chi connectivity index (χ0n) is 10.5. The van der Waals surface area contributed by atoms with Crippen LogP contribution in [0.4, 0.5) is 13.9 Å². The fraction of sp³-hybridized carbons (Fsp3) is 0.167. The van der Waals surface area contributed by atoms with Crippen LogP contribution in [0.15, 0.2) is 28.9 Å². The van der Waals surface area contributed by atoms with Crippen LogP contribution in [0.1, 0.15) is 5.56 Å². The van der Waals surface area contributed by atoms with E-state index in [2.05, 4.69) is 20.9 Å². The van der Waals surface area contributed by atoms with Crippen LogP contribution in [-0.4, -0.2) is 18.0 Å². The van der Waals surface area contributed by atoms with Crippen molar-refractivity contribution in [2.24, 2.45) is 0 Å². The zero-order chi connectivity index (χ0) is 15.6. The number of hydrogen-bond acceptors (Lipinski definition) is 4. The van der Waals surface area contributed by atoms with Gasteiger partial charge in [-0.05, 0) is 22.0 Å². The first-order chi connectivity index (χ1) is 9.86. The van der Waals surface area contributed by atoms with E-state index < -0.39 is 17.4 Å². The normalized spacial score (nSPS) is 11.3. The number of carbonyl (C=O) groups is 1. The number of benzene rings is 1. The van der Waals surface area contributed by atoms with Gasteiger partial charge in [0.2, 0.25) is 0 Å². The minimum absolute atomic E-state index is 0.0163. The van der Waals surface area contributed by atoms with Gasteiger partial charge in [0, 0.05) is 4.47 Å². The first kappa shape index (κ1) is 16.1. The van der Waals surface area contributed by atoms with Crippen molar-refractivity contribution in [3.05, 3.63) is 39.5 Å². The maximum Gasteiger partial charge on any atom is 0.351 e. The Kier molecular flexibility index (Phi) is 4.80. The van der Waals surface area contributed by atoms with E-state index in [0.29, 0.717) is 5.06 Å². The predicted molar refractivity (Wildman–Crippen MR) is 80.3 cm³/mol. The number of nitrogens with zero attached hydrogens (tertiary/aromatic N) is 1. The molecule has 4 nitrogen and oxygen atoms in total. The molecule has 0 aliphatic rings. The summed E-state index contributed by atoms with van der Waals surface area (Å²) < 4.78 is 33.5. The van der Waals surface area contributed by atoms with Gasteiger partial charge in [0.05, 0.1) is 23.9 Å². The molecule has 0 saturated heterocycles. The highest BCUT2D eigenvalue weighted by atomic mass is 79.9. The van der Waals surface area contributed by atoms with Crippen LogP contribution in [0.5, 0.6) is 5.06 Å². The SMILES string of the molecule is COc1cnc(NC(=O)C(F)(F)c2cccc(Br)c2Cl)s1. The van der Waals surface area contributed by atoms with Gasteiger partial charge >= 0.3 is 11.8 Å². The van der Waals surface area contributed by atoms with E-state index in [1.807, 2.05) is 5.32 Å². The van der Waals surface area contributed by atoms with Crippen molar-refractivity contribution < 1.29 is 18.3 Å². The topological polar surface area (TPSA) is 51.2 Å². The second-order valence-electron chi connectivity index (χ2n) is 3.82. The quantitative estimate of drug-likeness (QED) is 0.837. The molecule has 1 aromatic heterocycles. The van der Waals surface area contributed by atoms with Gasteiger partial charge in [-0.3, -0.25) is 10.1 Å². The molecule has 0 atom stereocenters. The van der Waals surface area contributed by atoms with E-state index >= 15 is 0 Å². The first-order valence-electron chi connectivity index (χ1n) is 5.50. The molecule has 1 aromatic carbocycles. The summed E-state index contributed by atoms with van der Waals surface area (Å²) in [5.41, 5.74) is -0.584. The van der Waals surface area contributed by atoms with Crippen LogP contribution in [0, 0.1) is 0 Å². The van der Waals surface area contributed by atoms with E-state index in [1.165, 1.54) is 25.4 Å². The molecule has 2 rings (SSSR count). The molecule has 0 fully saturated rings. The second kappa shape index (κ2) is 6.25. The van der Waals surface area contributed by atoms with Crippen LogP contribution in [0.3, 0.4) is 0 Å². The Morgan fingerprint density at radius 1 is 1.52 bits per heavy atom. The maximum absolute atomic E-state index is 14.2. The predicted octanol–water partition coefficient (Wildman–Crippen LogP) is 4.30. The highest BCUT2D eigenvalue weighted by Gasteiger charge is 2.43. The van der Waals surface area contributed by atoms with Gasteiger partial charge in [0.25, 0.3) is 0 Å². The number of rotatable bonds is 4. The number of anilines is 1. The van der Waals surface area contributed by atoms with Gasteiger partial charge in [-0.15, -0.1) is 0 Å². The number of hydrogen-bond donors (Lipinski definition) is 1. The molecule has 0 spiro atoms. The average Bonchev–Trinajstić information content (AvgIpc) is 2.89. The van der Waals surface area contributed by atoms with Crippen molar-refractivity contribution in [2.75, 3.05) is 12.4 Å². The summed E-state index contributed by atoms with van der Waals surface area (Å²) in [6.45, 7) is 0. The third-order valence-corrected chi connectivity index (χ3v) is 4.65. The Labute approximate surface area is 136 Å². The Balaban J connectivity index is 2.25. The van der Waals surface area contributed by atoms with Gasteiger partial charge in [-0.2, -0.15) is 8.78 Å². The fourth-order valence-corrected chi connectivity index (χ4v) is 2.70. The lowest BCUT2D eigenvalue weighted by atomic mass is 10.1. The lowest BCUT2D eigenvalue weighted by molar-refractivity contribution is -0.140. The Morgan fingerprint density at radius 3 is 2.86 bits per heavy atom. The molecular weight excluding hydrogens is 390 g/mol. The molecule has 9 heteroatoms. The summed E-state index contributed by atoms with van der Waals surface area (Å²) in [6.07, 6.45) is 1.32. The minimum atomic E-state index is -3.79. The molecule has 0 aliphatic heterocycles. The third kappa shape index (κ3) is 3.33. The third-order valence-electron chi connectivity index (χ3n) is 2.48. The van der Waals surface area contributed by atoms with E-state index in [-0.39, 0.29) is 14.6 Å². The Morgan fingerprint density at radius 2 is 2.24 bits per heavy atom. The number of halogens is 4. The molecular formula is C12H8BrClF2N2O2S. The second-order valence-corrected chi connectivity index (χ2v) is 6.04. The summed E-state index contributed by atoms with van der Waals surface area (Å²) in [6, 6.07) is 3.97. The van der Waals surface area contributed by atoms with E-state index in [9.17, 15) is 13.6 Å². The van der Waals surface area contributed by atoms with Gasteiger partial charge in [0.1, 0.15) is 0 Å². The number of thiazole rings is 1. The molecule has 0 aliphatic carbocycles. The van der Waals surface area contributed by atoms with Crippen LogP contribution in [0.25, 0.3) is 0 Å². The van der Waals surface area contributed by atoms with Crippen LogP contribution >= 0.6 is 38.9 Å². The highest BCUT2D eigenvalue weighted by Crippen LogP contribution is 2.38. The molecule has 0 saturated carbocycles. The van der Waals surface area contributed by atoms with Gasteiger partial charge < -0.3 is 4.74 Å². The van der Waals surface area contributed by atoms with E-state index in [0.717, 1.165) is 17.4 Å². The van der Waals surface area contributed by atoms with Crippen molar-refractivity contribution in [2.45, 2.75) is 5.92 Å². The van der Waals surface area contributed by atoms with Crippen molar-refractivity contribution >= 4 is 49.9 Å². The number of nitrogens with one attached hydrogen (secondary N) is 1. The molecule has 112 valence electrons. The number of methoxy groups -OCH3 is 1. The summed E-state index contributed by atoms with van der Waals surface area (Å²) in [7, 11) is 1.41. The van der Waals surface area contributed by atoms with Gasteiger partial charge in [0.15, 0.2) is 10.2 Å². The Hall–Kier alpha value is -1.25. The van der Waals surface area contributed by atoms with Crippen molar-refractivity contribution in [1.29, 1.82) is 0 Å². The molecule has 0 radical (unpaired) electrons. The molecule has 0 unspecified atom stereocenters. The summed E-state index contributed by atoms with van der Waals surface area (Å²) >= 11 is 9.79. The number of aromatic nitrogens is 1. The van der Waals surface area contributed by atoms with E-state index in [4.69, 9.17) is 16.3 Å². The molecule has 2 aromatic rings.